The van der Waals surface area contributed by atoms with Crippen LogP contribution in [0.4, 0.5) is 4.39 Å². The van der Waals surface area contributed by atoms with E-state index in [1.54, 1.807) is 6.07 Å². The quantitative estimate of drug-likeness (QED) is 0.932. The molecule has 1 aromatic carbocycles. The maximum absolute atomic E-state index is 12.9. The first-order valence-electron chi connectivity index (χ1n) is 5.44. The zero-order chi connectivity index (χ0) is 13.2. The fourth-order valence-corrected chi connectivity index (χ4v) is 1.94. The minimum Gasteiger partial charge on any atom is -0.321 e. The highest BCUT2D eigenvalue weighted by molar-refractivity contribution is 9.10. The molecule has 0 aromatic heterocycles. The van der Waals surface area contributed by atoms with Crippen LogP contribution in [0.15, 0.2) is 22.7 Å². The summed E-state index contributed by atoms with van der Waals surface area (Å²) in [6.07, 6.45) is 0.222. The third-order valence-electron chi connectivity index (χ3n) is 2.66. The van der Waals surface area contributed by atoms with Crippen LogP contribution in [0.3, 0.4) is 0 Å². The number of carbonyl (C=O) groups excluding carboxylic acids is 1. The first-order chi connectivity index (χ1) is 7.71. The predicted molar refractivity (Wildman–Crippen MR) is 70.2 cm³/mol. The molecular weight excluding hydrogens is 285 g/mol. The lowest BCUT2D eigenvalue weighted by molar-refractivity contribution is -0.121. The van der Waals surface area contributed by atoms with E-state index < -0.39 is 6.04 Å². The van der Waals surface area contributed by atoms with Crippen molar-refractivity contribution in [3.8, 4) is 0 Å². The number of ketones is 1. The molecule has 4 heteroatoms. The van der Waals surface area contributed by atoms with E-state index >= 15 is 0 Å². The first-order valence-corrected chi connectivity index (χ1v) is 6.23. The van der Waals surface area contributed by atoms with Gasteiger partial charge < -0.3 is 5.73 Å². The van der Waals surface area contributed by atoms with Crippen molar-refractivity contribution in [3.63, 3.8) is 0 Å². The van der Waals surface area contributed by atoms with Crippen LogP contribution in [0.2, 0.25) is 0 Å². The monoisotopic (exact) mass is 301 g/mol. The molecule has 0 spiro atoms. The molecule has 17 heavy (non-hydrogen) atoms. The standard InChI is InChI=1S/C13H17BrFNO/c1-13(2,3)12(16)11(17)6-8-4-5-9(15)7-10(8)14/h4-5,7,12H,6,16H2,1-3H3. The van der Waals surface area contributed by atoms with Crippen LogP contribution < -0.4 is 5.73 Å². The van der Waals surface area contributed by atoms with E-state index in [0.717, 1.165) is 5.56 Å². The Bertz CT molecular complexity index is 426. The minimum atomic E-state index is -0.514. The average Bonchev–Trinajstić information content (AvgIpc) is 2.19. The maximum Gasteiger partial charge on any atom is 0.154 e. The number of Topliss-reactive ketones (excluding diaryl/α,β-unsaturated/α-hetero) is 1. The van der Waals surface area contributed by atoms with Gasteiger partial charge in [-0.05, 0) is 23.1 Å². The molecule has 0 aliphatic rings. The van der Waals surface area contributed by atoms with E-state index in [1.165, 1.54) is 12.1 Å². The molecule has 2 N–H and O–H groups in total. The smallest absolute Gasteiger partial charge is 0.154 e. The third-order valence-corrected chi connectivity index (χ3v) is 3.40. The minimum absolute atomic E-state index is 0.0372. The van der Waals surface area contributed by atoms with Crippen LogP contribution in [0.5, 0.6) is 0 Å². The van der Waals surface area contributed by atoms with Crippen LogP contribution in [-0.4, -0.2) is 11.8 Å². The van der Waals surface area contributed by atoms with Crippen molar-refractivity contribution in [2.45, 2.75) is 33.2 Å². The molecule has 1 atom stereocenters. The number of hydrogen-bond donors (Lipinski definition) is 1. The van der Waals surface area contributed by atoms with Gasteiger partial charge in [0.05, 0.1) is 6.04 Å². The Balaban J connectivity index is 2.82. The van der Waals surface area contributed by atoms with E-state index in [1.807, 2.05) is 20.8 Å². The third kappa shape index (κ3) is 3.89. The molecule has 0 saturated carbocycles. The molecule has 0 bridgehead atoms. The lowest BCUT2D eigenvalue weighted by Gasteiger charge is -2.25. The highest BCUT2D eigenvalue weighted by Gasteiger charge is 2.27. The summed E-state index contributed by atoms with van der Waals surface area (Å²) < 4.78 is 13.5. The summed E-state index contributed by atoms with van der Waals surface area (Å²) in [6.45, 7) is 5.78. The van der Waals surface area contributed by atoms with Crippen molar-refractivity contribution in [2.24, 2.45) is 11.1 Å². The molecule has 2 nitrogen and oxygen atoms in total. The number of rotatable bonds is 3. The summed E-state index contributed by atoms with van der Waals surface area (Å²) in [5, 5.41) is 0. The van der Waals surface area contributed by atoms with Crippen molar-refractivity contribution >= 4 is 21.7 Å². The Hall–Kier alpha value is -0.740. The Morgan fingerprint density at radius 2 is 2.06 bits per heavy atom. The van der Waals surface area contributed by atoms with E-state index in [0.29, 0.717) is 4.47 Å². The lowest BCUT2D eigenvalue weighted by atomic mass is 9.83. The second-order valence-electron chi connectivity index (χ2n) is 5.22. The van der Waals surface area contributed by atoms with Gasteiger partial charge in [0, 0.05) is 10.9 Å². The number of hydrogen-bond acceptors (Lipinski definition) is 2. The normalized spacial score (nSPS) is 13.5. The molecule has 0 aliphatic carbocycles. The van der Waals surface area contributed by atoms with E-state index in [9.17, 15) is 9.18 Å². The molecule has 1 rings (SSSR count). The van der Waals surface area contributed by atoms with Gasteiger partial charge in [0.2, 0.25) is 0 Å². The molecular formula is C13H17BrFNO. The highest BCUT2D eigenvalue weighted by Crippen LogP contribution is 2.22. The van der Waals surface area contributed by atoms with Gasteiger partial charge in [-0.25, -0.2) is 4.39 Å². The molecule has 0 amide bonds. The molecule has 1 unspecified atom stereocenters. The summed E-state index contributed by atoms with van der Waals surface area (Å²) in [5.41, 5.74) is 6.38. The summed E-state index contributed by atoms with van der Waals surface area (Å²) in [5.74, 6) is -0.363. The maximum atomic E-state index is 12.9. The van der Waals surface area contributed by atoms with Gasteiger partial charge in [0.15, 0.2) is 5.78 Å². The topological polar surface area (TPSA) is 43.1 Å². The summed E-state index contributed by atoms with van der Waals surface area (Å²) in [4.78, 5) is 12.0. The van der Waals surface area contributed by atoms with Gasteiger partial charge in [-0.3, -0.25) is 4.79 Å². The molecule has 0 aliphatic heterocycles. The van der Waals surface area contributed by atoms with Gasteiger partial charge >= 0.3 is 0 Å². The van der Waals surface area contributed by atoms with E-state index in [4.69, 9.17) is 5.73 Å². The van der Waals surface area contributed by atoms with Crippen molar-refractivity contribution in [2.75, 3.05) is 0 Å². The Kier molecular flexibility index (Phi) is 4.44. The second kappa shape index (κ2) is 5.27. The Labute approximate surface area is 110 Å². The van der Waals surface area contributed by atoms with Crippen LogP contribution in [-0.2, 0) is 11.2 Å². The molecule has 0 saturated heterocycles. The molecule has 0 fully saturated rings. The zero-order valence-electron chi connectivity index (χ0n) is 10.3. The van der Waals surface area contributed by atoms with Gasteiger partial charge in [-0.1, -0.05) is 42.8 Å². The van der Waals surface area contributed by atoms with Crippen molar-refractivity contribution in [1.82, 2.24) is 0 Å². The number of carbonyl (C=O) groups is 1. The lowest BCUT2D eigenvalue weighted by Crippen LogP contribution is -2.43. The predicted octanol–water partition coefficient (Wildman–Crippen LogP) is 3.07. The first kappa shape index (κ1) is 14.3. The Morgan fingerprint density at radius 3 is 2.53 bits per heavy atom. The number of halogens is 2. The summed E-state index contributed by atoms with van der Waals surface area (Å²) in [7, 11) is 0. The van der Waals surface area contributed by atoms with Crippen molar-refractivity contribution in [1.29, 1.82) is 0 Å². The second-order valence-corrected chi connectivity index (χ2v) is 6.08. The largest absolute Gasteiger partial charge is 0.321 e. The summed E-state index contributed by atoms with van der Waals surface area (Å²) in [6, 6.07) is 3.79. The van der Waals surface area contributed by atoms with Crippen molar-refractivity contribution < 1.29 is 9.18 Å². The van der Waals surface area contributed by atoms with Crippen molar-refractivity contribution in [3.05, 3.63) is 34.1 Å². The average molecular weight is 302 g/mol. The van der Waals surface area contributed by atoms with Crippen LogP contribution in [0.25, 0.3) is 0 Å². The zero-order valence-corrected chi connectivity index (χ0v) is 11.8. The van der Waals surface area contributed by atoms with Gasteiger partial charge in [-0.2, -0.15) is 0 Å². The van der Waals surface area contributed by atoms with Gasteiger partial charge in [0.1, 0.15) is 5.82 Å². The van der Waals surface area contributed by atoms with Crippen LogP contribution in [0, 0.1) is 11.2 Å². The van der Waals surface area contributed by atoms with E-state index in [-0.39, 0.29) is 23.4 Å². The Morgan fingerprint density at radius 1 is 1.47 bits per heavy atom. The molecule has 1 aromatic rings. The van der Waals surface area contributed by atoms with Gasteiger partial charge in [0.25, 0.3) is 0 Å². The van der Waals surface area contributed by atoms with Crippen LogP contribution >= 0.6 is 15.9 Å². The molecule has 94 valence electrons. The van der Waals surface area contributed by atoms with Gasteiger partial charge in [-0.15, -0.1) is 0 Å². The molecule has 0 heterocycles. The van der Waals surface area contributed by atoms with E-state index in [2.05, 4.69) is 15.9 Å². The number of nitrogens with two attached hydrogens (primary N) is 1. The molecule has 0 radical (unpaired) electrons. The van der Waals surface area contributed by atoms with Crippen LogP contribution in [0.1, 0.15) is 26.3 Å². The fourth-order valence-electron chi connectivity index (χ4n) is 1.45. The summed E-state index contributed by atoms with van der Waals surface area (Å²) >= 11 is 3.24. The highest BCUT2D eigenvalue weighted by atomic mass is 79.9. The fraction of sp³-hybridized carbons (Fsp3) is 0.462. The SMILES string of the molecule is CC(C)(C)C(N)C(=O)Cc1ccc(F)cc1Br. The number of benzene rings is 1.